The van der Waals surface area contributed by atoms with Crippen molar-refractivity contribution in [3.05, 3.63) is 0 Å². The van der Waals surface area contributed by atoms with E-state index in [1.165, 1.54) is 0 Å². The van der Waals surface area contributed by atoms with Gasteiger partial charge in [-0.05, 0) is 19.8 Å². The molecule has 7 heavy (non-hydrogen) atoms. The predicted octanol–water partition coefficient (Wildman–Crippen LogP) is -1.90. The van der Waals surface area contributed by atoms with Crippen molar-refractivity contribution in [3.8, 4) is 0 Å². The van der Waals surface area contributed by atoms with Gasteiger partial charge in [-0.1, -0.05) is 0 Å². The van der Waals surface area contributed by atoms with Gasteiger partial charge in [0.25, 0.3) is 0 Å². The largest absolute Gasteiger partial charge is 1.00 e. The fraction of sp³-hybridized carbons (Fsp3) is 0.800. The van der Waals surface area contributed by atoms with E-state index in [4.69, 9.17) is 0 Å². The second kappa shape index (κ2) is 2.85. The fourth-order valence-electron chi connectivity index (χ4n) is 0.490. The molecule has 0 radical (unpaired) electrons. The Morgan fingerprint density at radius 2 is 2.14 bits per heavy atom. The van der Waals surface area contributed by atoms with Crippen LogP contribution in [0.3, 0.4) is 0 Å². The van der Waals surface area contributed by atoms with Crippen LogP contribution >= 0.6 is 0 Å². The third-order valence-corrected chi connectivity index (χ3v) is 1.15. The number of ketones is 1. The zero-order valence-corrected chi connectivity index (χ0v) is 6.90. The summed E-state index contributed by atoms with van der Waals surface area (Å²) in [6.07, 6.45) is 2.30. The van der Waals surface area contributed by atoms with Crippen LogP contribution < -0.4 is 29.6 Å². The molecule has 0 aliphatic heterocycles. The van der Waals surface area contributed by atoms with Crippen LogP contribution in [0.15, 0.2) is 0 Å². The van der Waals surface area contributed by atoms with E-state index in [1.54, 1.807) is 6.92 Å². The summed E-state index contributed by atoms with van der Waals surface area (Å²) in [6.45, 7) is 1.66. The van der Waals surface area contributed by atoms with Crippen LogP contribution in [0.1, 0.15) is 21.2 Å². The molecule has 0 aromatic rings. The molecule has 0 amide bonds. The van der Waals surface area contributed by atoms with Crippen LogP contribution in [0.25, 0.3) is 0 Å². The molecule has 0 aromatic heterocycles. The number of Topliss-reactive ketones (excluding diaryl/α,β-unsaturated/α-hetero) is 1. The molecular formula is C5H9NaO. The molecule has 1 aliphatic rings. The quantitative estimate of drug-likeness (QED) is 0.359. The molecule has 0 saturated heterocycles. The molecule has 0 N–H and O–H groups in total. The predicted molar refractivity (Wildman–Crippen MR) is 24.5 cm³/mol. The second-order valence-corrected chi connectivity index (χ2v) is 1.88. The number of hydrogen-bond acceptors (Lipinski definition) is 1. The number of carbonyl (C=O) groups is 1. The van der Waals surface area contributed by atoms with Gasteiger partial charge in [-0.15, -0.1) is 0 Å². The van der Waals surface area contributed by atoms with E-state index in [0.717, 1.165) is 12.8 Å². The molecule has 1 aliphatic carbocycles. The van der Waals surface area contributed by atoms with E-state index in [0.29, 0.717) is 11.7 Å². The average molecular weight is 108 g/mol. The molecule has 2 heteroatoms. The summed E-state index contributed by atoms with van der Waals surface area (Å²) < 4.78 is 0. The maximum absolute atomic E-state index is 10.2. The summed E-state index contributed by atoms with van der Waals surface area (Å²) >= 11 is 0. The third kappa shape index (κ3) is 2.47. The topological polar surface area (TPSA) is 17.1 Å². The van der Waals surface area contributed by atoms with Crippen LogP contribution in [0, 0.1) is 5.92 Å². The van der Waals surface area contributed by atoms with Gasteiger partial charge < -0.3 is 1.43 Å². The Kier molecular flexibility index (Phi) is 3.13. The van der Waals surface area contributed by atoms with Crippen molar-refractivity contribution in [2.24, 2.45) is 5.92 Å². The maximum Gasteiger partial charge on any atom is 1.00 e. The van der Waals surface area contributed by atoms with Crippen molar-refractivity contribution in [1.29, 1.82) is 0 Å². The minimum atomic E-state index is 0. The van der Waals surface area contributed by atoms with E-state index in [-0.39, 0.29) is 31.0 Å². The minimum Gasteiger partial charge on any atom is -1.00 e. The van der Waals surface area contributed by atoms with Gasteiger partial charge in [0.1, 0.15) is 5.78 Å². The Balaban J connectivity index is 0. The van der Waals surface area contributed by atoms with Crippen LogP contribution in [-0.2, 0) is 4.79 Å². The van der Waals surface area contributed by atoms with Crippen LogP contribution in [0.4, 0.5) is 0 Å². The zero-order valence-electron chi connectivity index (χ0n) is 5.90. The number of rotatable bonds is 1. The zero-order chi connectivity index (χ0) is 4.57. The van der Waals surface area contributed by atoms with E-state index >= 15 is 0 Å². The summed E-state index contributed by atoms with van der Waals surface area (Å²) in [5.74, 6) is 0.833. The first kappa shape index (κ1) is 7.67. The summed E-state index contributed by atoms with van der Waals surface area (Å²) in [5.41, 5.74) is 0. The number of hydrogen-bond donors (Lipinski definition) is 0. The van der Waals surface area contributed by atoms with Crippen molar-refractivity contribution in [1.82, 2.24) is 0 Å². The first-order valence-electron chi connectivity index (χ1n) is 2.31. The summed E-state index contributed by atoms with van der Waals surface area (Å²) in [4.78, 5) is 10.2. The smallest absolute Gasteiger partial charge is 1.00 e. The number of carbonyl (C=O) groups excluding carboxylic acids is 1. The first-order chi connectivity index (χ1) is 2.80. The molecular weight excluding hydrogens is 99.0 g/mol. The molecule has 1 nitrogen and oxygen atoms in total. The van der Waals surface area contributed by atoms with Gasteiger partial charge in [-0.2, -0.15) is 0 Å². The SMILES string of the molecule is CC(=O)C1CC1.[H-].[Na+]. The van der Waals surface area contributed by atoms with E-state index in [2.05, 4.69) is 0 Å². The Morgan fingerprint density at radius 3 is 2.14 bits per heavy atom. The van der Waals surface area contributed by atoms with Gasteiger partial charge in [0.2, 0.25) is 0 Å². The molecule has 1 fully saturated rings. The van der Waals surface area contributed by atoms with Gasteiger partial charge >= 0.3 is 29.6 Å². The fourth-order valence-corrected chi connectivity index (χ4v) is 0.490. The van der Waals surface area contributed by atoms with E-state index in [1.807, 2.05) is 0 Å². The molecule has 1 rings (SSSR count). The van der Waals surface area contributed by atoms with Gasteiger partial charge in [-0.25, -0.2) is 0 Å². The Hall–Kier alpha value is 0.670. The standard InChI is InChI=1S/C5H8O.Na.H/c1-4(6)5-2-3-5;;/h5H,2-3H2,1H3;;/q;+1;-1. The molecule has 0 bridgehead atoms. The van der Waals surface area contributed by atoms with Gasteiger partial charge in [0, 0.05) is 5.92 Å². The van der Waals surface area contributed by atoms with E-state index in [9.17, 15) is 4.79 Å². The van der Waals surface area contributed by atoms with Crippen LogP contribution in [0.2, 0.25) is 0 Å². The summed E-state index contributed by atoms with van der Waals surface area (Å²) in [6, 6.07) is 0. The summed E-state index contributed by atoms with van der Waals surface area (Å²) in [7, 11) is 0. The normalized spacial score (nSPS) is 17.9. The van der Waals surface area contributed by atoms with E-state index < -0.39 is 0 Å². The van der Waals surface area contributed by atoms with Crippen molar-refractivity contribution in [2.45, 2.75) is 19.8 Å². The Morgan fingerprint density at radius 1 is 1.71 bits per heavy atom. The van der Waals surface area contributed by atoms with Gasteiger partial charge in [0.05, 0.1) is 0 Å². The molecule has 0 unspecified atom stereocenters. The molecule has 0 atom stereocenters. The van der Waals surface area contributed by atoms with Crippen LogP contribution in [0.5, 0.6) is 0 Å². The van der Waals surface area contributed by atoms with Crippen molar-refractivity contribution < 1.29 is 35.8 Å². The first-order valence-corrected chi connectivity index (χ1v) is 2.31. The minimum absolute atomic E-state index is 0. The molecule has 1 saturated carbocycles. The van der Waals surface area contributed by atoms with Crippen LogP contribution in [-0.4, -0.2) is 5.78 Å². The second-order valence-electron chi connectivity index (χ2n) is 1.88. The molecule has 0 aromatic carbocycles. The third-order valence-electron chi connectivity index (χ3n) is 1.15. The Bertz CT molecular complexity index is 80.5. The average Bonchev–Trinajstić information content (AvgIpc) is 2.06. The molecule has 36 valence electrons. The molecule has 0 heterocycles. The maximum atomic E-state index is 10.2. The summed E-state index contributed by atoms with van der Waals surface area (Å²) in [5, 5.41) is 0. The van der Waals surface area contributed by atoms with Crippen molar-refractivity contribution in [3.63, 3.8) is 0 Å². The Labute approximate surface area is 67.3 Å². The van der Waals surface area contributed by atoms with Gasteiger partial charge in [0.15, 0.2) is 0 Å². The molecule has 0 spiro atoms. The monoisotopic (exact) mass is 108 g/mol. The van der Waals surface area contributed by atoms with Gasteiger partial charge in [-0.3, -0.25) is 4.79 Å². The van der Waals surface area contributed by atoms with Crippen molar-refractivity contribution >= 4 is 5.78 Å². The van der Waals surface area contributed by atoms with Crippen molar-refractivity contribution in [2.75, 3.05) is 0 Å².